The Morgan fingerprint density at radius 2 is 2.05 bits per heavy atom. The number of carbonyl (C=O) groups is 1. The van der Waals surface area contributed by atoms with Crippen molar-refractivity contribution in [3.63, 3.8) is 0 Å². The van der Waals surface area contributed by atoms with Crippen LogP contribution in [0.15, 0.2) is 30.3 Å². The van der Waals surface area contributed by atoms with E-state index in [1.807, 2.05) is 6.07 Å². The summed E-state index contributed by atoms with van der Waals surface area (Å²) in [5.41, 5.74) is 1.36. The van der Waals surface area contributed by atoms with Crippen LogP contribution in [0.2, 0.25) is 0 Å². The van der Waals surface area contributed by atoms with Crippen molar-refractivity contribution in [1.29, 1.82) is 0 Å². The van der Waals surface area contributed by atoms with Gasteiger partial charge in [-0.15, -0.1) is 0 Å². The van der Waals surface area contributed by atoms with E-state index in [4.69, 9.17) is 0 Å². The van der Waals surface area contributed by atoms with Crippen LogP contribution in [0.3, 0.4) is 0 Å². The molecule has 0 bridgehead atoms. The van der Waals surface area contributed by atoms with Crippen molar-refractivity contribution in [3.05, 3.63) is 35.9 Å². The van der Waals surface area contributed by atoms with Crippen LogP contribution in [0.25, 0.3) is 0 Å². The van der Waals surface area contributed by atoms with Crippen molar-refractivity contribution < 1.29 is 9.90 Å². The Bertz CT molecular complexity index is 432. The van der Waals surface area contributed by atoms with E-state index < -0.39 is 5.97 Å². The number of hydrogen-bond donors (Lipinski definition) is 1. The zero-order valence-corrected chi connectivity index (χ0v) is 12.5. The van der Waals surface area contributed by atoms with Gasteiger partial charge in [-0.1, -0.05) is 37.3 Å². The number of aliphatic carboxylic acids is 1. The van der Waals surface area contributed by atoms with Crippen molar-refractivity contribution >= 4 is 5.97 Å². The van der Waals surface area contributed by atoms with E-state index in [9.17, 15) is 9.90 Å². The highest BCUT2D eigenvalue weighted by atomic mass is 16.4. The molecule has 3 heteroatoms. The molecule has 1 saturated heterocycles. The normalized spacial score (nSPS) is 25.3. The molecule has 0 radical (unpaired) electrons. The molecular formula is C17H25NO2. The molecule has 20 heavy (non-hydrogen) atoms. The Balaban J connectivity index is 1.89. The lowest BCUT2D eigenvalue weighted by Gasteiger charge is -2.38. The van der Waals surface area contributed by atoms with Gasteiger partial charge in [-0.25, -0.2) is 0 Å². The standard InChI is InChI=1S/C17H25NO2/c1-13(10-15-6-4-3-5-7-15)11-18-12-16(17(19)20)9-8-14(18)2/h3-7,13-14,16H,8-12H2,1-2H3,(H,19,20). The zero-order valence-electron chi connectivity index (χ0n) is 12.5. The SMILES string of the molecule is CC(Cc1ccccc1)CN1CC(C(=O)O)CCC1C. The maximum absolute atomic E-state index is 11.2. The van der Waals surface area contributed by atoms with Gasteiger partial charge >= 0.3 is 5.97 Å². The molecule has 0 spiro atoms. The Labute approximate surface area is 121 Å². The predicted octanol–water partition coefficient (Wildman–Crippen LogP) is 3.05. The fraction of sp³-hybridized carbons (Fsp3) is 0.588. The summed E-state index contributed by atoms with van der Waals surface area (Å²) in [6.07, 6.45) is 2.87. The zero-order chi connectivity index (χ0) is 14.5. The molecule has 0 saturated carbocycles. The first-order chi connectivity index (χ1) is 9.56. The Morgan fingerprint density at radius 3 is 2.70 bits per heavy atom. The van der Waals surface area contributed by atoms with E-state index in [2.05, 4.69) is 43.0 Å². The summed E-state index contributed by atoms with van der Waals surface area (Å²) in [5.74, 6) is -0.278. The highest BCUT2D eigenvalue weighted by molar-refractivity contribution is 5.70. The van der Waals surface area contributed by atoms with Gasteiger partial charge in [0.05, 0.1) is 5.92 Å². The Hall–Kier alpha value is -1.35. The van der Waals surface area contributed by atoms with Crippen LogP contribution in [0.4, 0.5) is 0 Å². The fourth-order valence-electron chi connectivity index (χ4n) is 3.12. The maximum Gasteiger partial charge on any atom is 0.307 e. The van der Waals surface area contributed by atoms with Gasteiger partial charge in [-0.3, -0.25) is 9.69 Å². The molecule has 110 valence electrons. The third-order valence-electron chi connectivity index (χ3n) is 4.33. The number of benzene rings is 1. The van der Waals surface area contributed by atoms with E-state index in [-0.39, 0.29) is 5.92 Å². The number of piperidine rings is 1. The van der Waals surface area contributed by atoms with Gasteiger partial charge in [0.15, 0.2) is 0 Å². The lowest BCUT2D eigenvalue weighted by molar-refractivity contribution is -0.144. The smallest absolute Gasteiger partial charge is 0.307 e. The lowest BCUT2D eigenvalue weighted by Crippen LogP contribution is -2.46. The summed E-state index contributed by atoms with van der Waals surface area (Å²) in [6, 6.07) is 11.0. The molecule has 1 fully saturated rings. The van der Waals surface area contributed by atoms with E-state index in [0.717, 1.165) is 25.8 Å². The van der Waals surface area contributed by atoms with Crippen LogP contribution in [-0.2, 0) is 11.2 Å². The van der Waals surface area contributed by atoms with Crippen molar-refractivity contribution in [2.45, 2.75) is 39.2 Å². The quantitative estimate of drug-likeness (QED) is 0.898. The number of carboxylic acids is 1. The largest absolute Gasteiger partial charge is 0.481 e. The Kier molecular flexibility index (Phi) is 5.18. The molecule has 0 amide bonds. The van der Waals surface area contributed by atoms with Gasteiger partial charge in [0.2, 0.25) is 0 Å². The first-order valence-corrected chi connectivity index (χ1v) is 7.57. The minimum absolute atomic E-state index is 0.185. The minimum atomic E-state index is -0.641. The van der Waals surface area contributed by atoms with E-state index in [0.29, 0.717) is 18.5 Å². The molecule has 3 atom stereocenters. The second kappa shape index (κ2) is 6.89. The van der Waals surface area contributed by atoms with Gasteiger partial charge in [-0.2, -0.15) is 0 Å². The van der Waals surface area contributed by atoms with Gasteiger partial charge in [-0.05, 0) is 37.7 Å². The maximum atomic E-state index is 11.2. The number of nitrogens with zero attached hydrogens (tertiary/aromatic N) is 1. The molecule has 1 aliphatic heterocycles. The van der Waals surface area contributed by atoms with Gasteiger partial charge in [0.25, 0.3) is 0 Å². The van der Waals surface area contributed by atoms with Crippen LogP contribution in [-0.4, -0.2) is 35.1 Å². The predicted molar refractivity (Wildman–Crippen MR) is 80.7 cm³/mol. The summed E-state index contributed by atoms with van der Waals surface area (Å²) in [6.45, 7) is 6.16. The number of likely N-dealkylation sites (tertiary alicyclic amines) is 1. The molecule has 1 heterocycles. The molecule has 1 N–H and O–H groups in total. The van der Waals surface area contributed by atoms with Crippen LogP contribution in [0, 0.1) is 11.8 Å². The minimum Gasteiger partial charge on any atom is -0.481 e. The lowest BCUT2D eigenvalue weighted by atomic mass is 9.91. The summed E-state index contributed by atoms with van der Waals surface area (Å²) in [7, 11) is 0. The first kappa shape index (κ1) is 15.0. The number of hydrogen-bond acceptors (Lipinski definition) is 2. The molecular weight excluding hydrogens is 250 g/mol. The van der Waals surface area contributed by atoms with Crippen LogP contribution in [0.1, 0.15) is 32.3 Å². The molecule has 3 unspecified atom stereocenters. The van der Waals surface area contributed by atoms with E-state index >= 15 is 0 Å². The van der Waals surface area contributed by atoms with Gasteiger partial charge in [0, 0.05) is 19.1 Å². The van der Waals surface area contributed by atoms with Crippen molar-refractivity contribution in [1.82, 2.24) is 4.90 Å². The second-order valence-electron chi connectivity index (χ2n) is 6.21. The highest BCUT2D eigenvalue weighted by Gasteiger charge is 2.30. The highest BCUT2D eigenvalue weighted by Crippen LogP contribution is 2.23. The van der Waals surface area contributed by atoms with Crippen LogP contribution in [0.5, 0.6) is 0 Å². The first-order valence-electron chi connectivity index (χ1n) is 7.57. The van der Waals surface area contributed by atoms with Crippen molar-refractivity contribution in [3.8, 4) is 0 Å². The molecule has 2 rings (SSSR count). The van der Waals surface area contributed by atoms with Crippen molar-refractivity contribution in [2.75, 3.05) is 13.1 Å². The summed E-state index contributed by atoms with van der Waals surface area (Å²) < 4.78 is 0. The summed E-state index contributed by atoms with van der Waals surface area (Å²) in [4.78, 5) is 13.5. The molecule has 0 aromatic heterocycles. The van der Waals surface area contributed by atoms with Gasteiger partial charge in [0.1, 0.15) is 0 Å². The average Bonchev–Trinajstić information content (AvgIpc) is 2.42. The number of rotatable bonds is 5. The molecule has 3 nitrogen and oxygen atoms in total. The molecule has 0 aliphatic carbocycles. The van der Waals surface area contributed by atoms with E-state index in [1.54, 1.807) is 0 Å². The Morgan fingerprint density at radius 1 is 1.35 bits per heavy atom. The monoisotopic (exact) mass is 275 g/mol. The fourth-order valence-corrected chi connectivity index (χ4v) is 3.12. The van der Waals surface area contributed by atoms with E-state index in [1.165, 1.54) is 5.56 Å². The van der Waals surface area contributed by atoms with Gasteiger partial charge < -0.3 is 5.11 Å². The third-order valence-corrected chi connectivity index (χ3v) is 4.33. The molecule has 1 aliphatic rings. The summed E-state index contributed by atoms with van der Waals surface area (Å²) in [5, 5.41) is 9.18. The number of carboxylic acid groups (broad SMARTS) is 1. The molecule has 1 aromatic rings. The second-order valence-corrected chi connectivity index (χ2v) is 6.21. The topological polar surface area (TPSA) is 40.5 Å². The van der Waals surface area contributed by atoms with Crippen LogP contribution >= 0.6 is 0 Å². The third kappa shape index (κ3) is 4.07. The summed E-state index contributed by atoms with van der Waals surface area (Å²) >= 11 is 0. The van der Waals surface area contributed by atoms with Crippen LogP contribution < -0.4 is 0 Å². The average molecular weight is 275 g/mol. The van der Waals surface area contributed by atoms with Crippen molar-refractivity contribution in [2.24, 2.45) is 11.8 Å². The molecule has 1 aromatic carbocycles.